The van der Waals surface area contributed by atoms with E-state index in [0.29, 0.717) is 17.2 Å². The van der Waals surface area contributed by atoms with Gasteiger partial charge in [-0.2, -0.15) is 0 Å². The van der Waals surface area contributed by atoms with E-state index in [2.05, 4.69) is 26.0 Å². The Kier molecular flexibility index (Phi) is 4.60. The molecule has 1 amide bonds. The molecule has 0 atom stereocenters. The summed E-state index contributed by atoms with van der Waals surface area (Å²) in [7, 11) is 0. The number of aryl methyl sites for hydroxylation is 2. The lowest BCUT2D eigenvalue weighted by Gasteiger charge is -2.19. The van der Waals surface area contributed by atoms with Crippen molar-refractivity contribution in [3.8, 4) is 0 Å². The summed E-state index contributed by atoms with van der Waals surface area (Å²) in [5.41, 5.74) is 3.94. The van der Waals surface area contributed by atoms with Gasteiger partial charge in [0.25, 0.3) is 5.91 Å². The first-order chi connectivity index (χ1) is 14.6. The highest BCUT2D eigenvalue weighted by molar-refractivity contribution is 7.22. The first-order valence-electron chi connectivity index (χ1n) is 9.80. The Balaban J connectivity index is 1.65. The van der Waals surface area contributed by atoms with Gasteiger partial charge in [-0.3, -0.25) is 9.69 Å². The third-order valence-corrected chi connectivity index (χ3v) is 6.51. The number of carbonyl (C=O) groups excluding carboxylic acids is 1. The zero-order valence-electron chi connectivity index (χ0n) is 16.8. The average molecular weight is 413 g/mol. The second-order valence-electron chi connectivity index (χ2n) is 7.35. The molecule has 2 heterocycles. The smallest absolute Gasteiger partial charge is 0.261 e. The van der Waals surface area contributed by atoms with Gasteiger partial charge in [-0.15, -0.1) is 0 Å². The summed E-state index contributed by atoms with van der Waals surface area (Å²) in [5.74, 6) is 0.632. The molecule has 0 saturated heterocycles. The van der Waals surface area contributed by atoms with E-state index in [-0.39, 0.29) is 5.91 Å². The van der Waals surface area contributed by atoms with Crippen LogP contribution in [0, 0.1) is 13.8 Å². The van der Waals surface area contributed by atoms with Crippen molar-refractivity contribution >= 4 is 43.4 Å². The molecule has 5 rings (SSSR count). The molecule has 148 valence electrons. The number of aromatic nitrogens is 1. The van der Waals surface area contributed by atoms with Crippen molar-refractivity contribution in [3.05, 3.63) is 95.4 Å². The Hall–Kier alpha value is -3.44. The van der Waals surface area contributed by atoms with Crippen LogP contribution in [-0.2, 0) is 6.54 Å². The van der Waals surface area contributed by atoms with E-state index in [1.54, 1.807) is 11.2 Å². The van der Waals surface area contributed by atoms with Gasteiger partial charge in [0.15, 0.2) is 5.13 Å². The Morgan fingerprint density at radius 2 is 1.83 bits per heavy atom. The lowest BCUT2D eigenvalue weighted by atomic mass is 10.0. The number of hydrogen-bond acceptors (Lipinski definition) is 4. The SMILES string of the molecule is Cc1ccc2sc(N(Cc3ccco3)C(=O)c3cccc4ccccc34)nc2c1C. The normalized spacial score (nSPS) is 11.3. The third-order valence-electron chi connectivity index (χ3n) is 5.46. The molecular weight excluding hydrogens is 392 g/mol. The van der Waals surface area contributed by atoms with E-state index in [1.165, 1.54) is 16.9 Å². The van der Waals surface area contributed by atoms with Crippen molar-refractivity contribution in [1.29, 1.82) is 0 Å². The van der Waals surface area contributed by atoms with Gasteiger partial charge in [0.05, 0.1) is 23.0 Å². The average Bonchev–Trinajstić information content (AvgIpc) is 3.44. The van der Waals surface area contributed by atoms with E-state index in [0.717, 1.165) is 32.3 Å². The van der Waals surface area contributed by atoms with E-state index >= 15 is 0 Å². The second kappa shape index (κ2) is 7.43. The number of anilines is 1. The van der Waals surface area contributed by atoms with Crippen LogP contribution in [0.5, 0.6) is 0 Å². The van der Waals surface area contributed by atoms with Gasteiger partial charge in [0.2, 0.25) is 0 Å². The summed E-state index contributed by atoms with van der Waals surface area (Å²) >= 11 is 1.53. The van der Waals surface area contributed by atoms with Crippen molar-refractivity contribution in [2.45, 2.75) is 20.4 Å². The minimum atomic E-state index is -0.0865. The Morgan fingerprint density at radius 3 is 2.67 bits per heavy atom. The lowest BCUT2D eigenvalue weighted by molar-refractivity contribution is 0.0985. The Bertz CT molecular complexity index is 1360. The summed E-state index contributed by atoms with van der Waals surface area (Å²) in [6.07, 6.45) is 1.63. The zero-order valence-corrected chi connectivity index (χ0v) is 17.6. The molecule has 0 N–H and O–H groups in total. The highest BCUT2D eigenvalue weighted by atomic mass is 32.1. The quantitative estimate of drug-likeness (QED) is 0.338. The standard InChI is InChI=1S/C25H20N2O2S/c1-16-12-13-22-23(17(16)2)26-25(30-22)27(15-19-9-6-14-29-19)24(28)21-11-5-8-18-7-3-4-10-20(18)21/h3-14H,15H2,1-2H3. The number of nitrogens with zero attached hydrogens (tertiary/aromatic N) is 2. The van der Waals surface area contributed by atoms with Crippen LogP contribution in [0.2, 0.25) is 0 Å². The van der Waals surface area contributed by atoms with Crippen LogP contribution in [0.25, 0.3) is 21.0 Å². The largest absolute Gasteiger partial charge is 0.467 e. The summed E-state index contributed by atoms with van der Waals surface area (Å²) in [5, 5.41) is 2.65. The number of fused-ring (bicyclic) bond motifs is 2. The van der Waals surface area contributed by atoms with Gasteiger partial charge in [0.1, 0.15) is 5.76 Å². The van der Waals surface area contributed by atoms with E-state index in [1.807, 2.05) is 54.6 Å². The number of hydrogen-bond donors (Lipinski definition) is 0. The van der Waals surface area contributed by atoms with Crippen LogP contribution in [0.15, 0.2) is 77.4 Å². The predicted octanol–water partition coefficient (Wildman–Crippen LogP) is 6.51. The molecule has 0 unspecified atom stereocenters. The zero-order chi connectivity index (χ0) is 20.7. The number of amides is 1. The topological polar surface area (TPSA) is 46.3 Å². The molecule has 3 aromatic carbocycles. The van der Waals surface area contributed by atoms with Crippen LogP contribution >= 0.6 is 11.3 Å². The predicted molar refractivity (Wildman–Crippen MR) is 122 cm³/mol. The fraction of sp³-hybridized carbons (Fsp3) is 0.120. The van der Waals surface area contributed by atoms with Gasteiger partial charge < -0.3 is 4.42 Å². The molecule has 5 heteroatoms. The second-order valence-corrected chi connectivity index (χ2v) is 8.36. The molecule has 0 aliphatic carbocycles. The summed E-state index contributed by atoms with van der Waals surface area (Å²) < 4.78 is 6.63. The van der Waals surface area contributed by atoms with Crippen molar-refractivity contribution in [3.63, 3.8) is 0 Å². The van der Waals surface area contributed by atoms with Gasteiger partial charge in [-0.25, -0.2) is 4.98 Å². The van der Waals surface area contributed by atoms with Gasteiger partial charge in [-0.05, 0) is 60.0 Å². The minimum Gasteiger partial charge on any atom is -0.467 e. The maximum atomic E-state index is 13.8. The first kappa shape index (κ1) is 18.6. The van der Waals surface area contributed by atoms with Crippen molar-refractivity contribution in [2.24, 2.45) is 0 Å². The number of rotatable bonds is 4. The Morgan fingerprint density at radius 1 is 1.00 bits per heavy atom. The summed E-state index contributed by atoms with van der Waals surface area (Å²) in [6.45, 7) is 4.48. The molecule has 0 aliphatic heterocycles. The van der Waals surface area contributed by atoms with Crippen molar-refractivity contribution in [1.82, 2.24) is 4.98 Å². The molecule has 5 aromatic rings. The molecule has 0 fully saturated rings. The fourth-order valence-electron chi connectivity index (χ4n) is 3.67. The fourth-order valence-corrected chi connectivity index (χ4v) is 4.69. The van der Waals surface area contributed by atoms with E-state index in [4.69, 9.17) is 9.40 Å². The minimum absolute atomic E-state index is 0.0865. The highest BCUT2D eigenvalue weighted by Crippen LogP contribution is 2.34. The molecule has 0 spiro atoms. The molecule has 0 radical (unpaired) electrons. The van der Waals surface area contributed by atoms with Gasteiger partial charge in [0, 0.05) is 5.56 Å². The van der Waals surface area contributed by atoms with Crippen LogP contribution in [0.1, 0.15) is 27.2 Å². The number of benzene rings is 3. The molecule has 0 aliphatic rings. The van der Waals surface area contributed by atoms with Crippen LogP contribution in [0.4, 0.5) is 5.13 Å². The maximum absolute atomic E-state index is 13.8. The summed E-state index contributed by atoms with van der Waals surface area (Å²) in [6, 6.07) is 21.7. The molecule has 30 heavy (non-hydrogen) atoms. The molecule has 2 aromatic heterocycles. The lowest BCUT2D eigenvalue weighted by Crippen LogP contribution is -2.30. The van der Waals surface area contributed by atoms with Crippen molar-refractivity contribution in [2.75, 3.05) is 4.90 Å². The van der Waals surface area contributed by atoms with Gasteiger partial charge in [-0.1, -0.05) is 53.8 Å². The first-order valence-corrected chi connectivity index (χ1v) is 10.6. The van der Waals surface area contributed by atoms with Gasteiger partial charge >= 0.3 is 0 Å². The van der Waals surface area contributed by atoms with E-state index in [9.17, 15) is 4.79 Å². The van der Waals surface area contributed by atoms with Crippen LogP contribution in [0.3, 0.4) is 0 Å². The van der Waals surface area contributed by atoms with Crippen molar-refractivity contribution < 1.29 is 9.21 Å². The molecular formula is C25H20N2O2S. The summed E-state index contributed by atoms with van der Waals surface area (Å²) in [4.78, 5) is 20.3. The molecule has 0 bridgehead atoms. The molecule has 4 nitrogen and oxygen atoms in total. The number of furan rings is 1. The van der Waals surface area contributed by atoms with E-state index < -0.39 is 0 Å². The van der Waals surface area contributed by atoms with Crippen LogP contribution in [-0.4, -0.2) is 10.9 Å². The highest BCUT2D eigenvalue weighted by Gasteiger charge is 2.24. The Labute approximate surface area is 178 Å². The maximum Gasteiger partial charge on any atom is 0.261 e. The number of carbonyl (C=O) groups is 1. The van der Waals surface area contributed by atoms with Crippen LogP contribution < -0.4 is 4.90 Å². The monoisotopic (exact) mass is 412 g/mol. The third kappa shape index (κ3) is 3.17. The molecule has 0 saturated carbocycles. The number of thiazole rings is 1.